The molecule has 3 fully saturated rings. The third kappa shape index (κ3) is 3.29. The molecule has 1 atom stereocenters. The van der Waals surface area contributed by atoms with E-state index in [2.05, 4.69) is 48.9 Å². The zero-order valence-corrected chi connectivity index (χ0v) is 17.2. The summed E-state index contributed by atoms with van der Waals surface area (Å²) in [7, 11) is 0. The van der Waals surface area contributed by atoms with Gasteiger partial charge in [-0.25, -0.2) is 0 Å². The molecule has 3 aromatic rings. The van der Waals surface area contributed by atoms with Crippen molar-refractivity contribution in [2.75, 3.05) is 13.1 Å². The smallest absolute Gasteiger partial charge is 0.137 e. The normalized spacial score (nSPS) is 24.6. The van der Waals surface area contributed by atoms with Crippen LogP contribution >= 0.6 is 0 Å². The van der Waals surface area contributed by atoms with E-state index in [1.807, 2.05) is 12.5 Å². The van der Waals surface area contributed by atoms with Gasteiger partial charge in [0, 0.05) is 43.8 Å². The molecule has 5 heteroatoms. The molecule has 0 bridgehead atoms. The van der Waals surface area contributed by atoms with Crippen LogP contribution in [0.5, 0.6) is 0 Å². The fraction of sp³-hybridized carbons (Fsp3) is 0.583. The largest absolute Gasteiger partial charge is 0.361 e. The lowest BCUT2D eigenvalue weighted by Gasteiger charge is -2.38. The minimum Gasteiger partial charge on any atom is -0.361 e. The fourth-order valence-corrected chi connectivity index (χ4v) is 6.01. The number of nitrogens with one attached hydrogen (secondary N) is 1. The predicted molar refractivity (Wildman–Crippen MR) is 115 cm³/mol. The highest BCUT2D eigenvalue weighted by molar-refractivity contribution is 5.79. The lowest BCUT2D eigenvalue weighted by molar-refractivity contribution is 0.163. The lowest BCUT2D eigenvalue weighted by atomic mass is 9.67. The van der Waals surface area contributed by atoms with Crippen molar-refractivity contribution in [3.63, 3.8) is 0 Å². The molecule has 1 saturated heterocycles. The van der Waals surface area contributed by atoms with Crippen LogP contribution in [0.3, 0.4) is 0 Å². The standard InChI is InChI=1S/C24H31N5/c1-2-9-24(10-3-1)16-28(13-19-6-7-20-8-11-25-22(20)12-19)15-21(24)23-27-26-17-29(23)14-18-4-5-18/h6-8,11-12,17-18,21,25H,1-5,9-10,13-16H2. The number of hydrogen-bond donors (Lipinski definition) is 1. The fourth-order valence-electron chi connectivity index (χ4n) is 6.01. The monoisotopic (exact) mass is 389 g/mol. The Morgan fingerprint density at radius 2 is 2.00 bits per heavy atom. The van der Waals surface area contributed by atoms with Crippen LogP contribution < -0.4 is 0 Å². The number of benzene rings is 1. The van der Waals surface area contributed by atoms with Crippen molar-refractivity contribution in [3.05, 3.63) is 48.2 Å². The summed E-state index contributed by atoms with van der Waals surface area (Å²) in [6.45, 7) is 4.48. The SMILES string of the molecule is c1cc2ccc(CN3CC(c4nncn4CC4CC4)C4(CCCCC4)C3)cc2[nH]1. The van der Waals surface area contributed by atoms with E-state index >= 15 is 0 Å². The Balaban J connectivity index is 1.28. The summed E-state index contributed by atoms with van der Waals surface area (Å²) in [6.07, 6.45) is 13.6. The Morgan fingerprint density at radius 3 is 2.86 bits per heavy atom. The van der Waals surface area contributed by atoms with Gasteiger partial charge in [-0.15, -0.1) is 10.2 Å². The van der Waals surface area contributed by atoms with Gasteiger partial charge in [-0.2, -0.15) is 0 Å². The molecule has 2 aliphatic carbocycles. The number of aromatic nitrogens is 4. The van der Waals surface area contributed by atoms with Gasteiger partial charge in [0.25, 0.3) is 0 Å². The van der Waals surface area contributed by atoms with Gasteiger partial charge in [-0.05, 0) is 60.1 Å². The quantitative estimate of drug-likeness (QED) is 0.687. The second kappa shape index (κ2) is 6.98. The molecule has 1 N–H and O–H groups in total. The molecule has 29 heavy (non-hydrogen) atoms. The molecular weight excluding hydrogens is 358 g/mol. The molecule has 3 heterocycles. The number of hydrogen-bond acceptors (Lipinski definition) is 3. The summed E-state index contributed by atoms with van der Waals surface area (Å²) in [4.78, 5) is 6.05. The third-order valence-electron chi connectivity index (χ3n) is 7.70. The average Bonchev–Trinajstić information content (AvgIpc) is 3.11. The van der Waals surface area contributed by atoms with Crippen molar-refractivity contribution in [1.82, 2.24) is 24.6 Å². The Labute approximate surface area is 172 Å². The van der Waals surface area contributed by atoms with Gasteiger partial charge in [-0.1, -0.05) is 31.4 Å². The summed E-state index contributed by atoms with van der Waals surface area (Å²) in [5, 5.41) is 10.3. The van der Waals surface area contributed by atoms with E-state index in [4.69, 9.17) is 0 Å². The molecule has 152 valence electrons. The molecule has 1 spiro atoms. The number of rotatable bonds is 5. The van der Waals surface area contributed by atoms with Crippen LogP contribution in [-0.4, -0.2) is 37.7 Å². The first-order valence-corrected chi connectivity index (χ1v) is 11.5. The predicted octanol–water partition coefficient (Wildman–Crippen LogP) is 4.72. The van der Waals surface area contributed by atoms with Crippen LogP contribution in [0.4, 0.5) is 0 Å². The average molecular weight is 390 g/mol. The van der Waals surface area contributed by atoms with Crippen LogP contribution in [0, 0.1) is 11.3 Å². The van der Waals surface area contributed by atoms with Gasteiger partial charge in [-0.3, -0.25) is 4.90 Å². The minimum atomic E-state index is 0.392. The first-order valence-electron chi connectivity index (χ1n) is 11.5. The third-order valence-corrected chi connectivity index (χ3v) is 7.70. The molecule has 6 rings (SSSR count). The van der Waals surface area contributed by atoms with Gasteiger partial charge in [0.2, 0.25) is 0 Å². The van der Waals surface area contributed by atoms with Crippen LogP contribution in [-0.2, 0) is 13.1 Å². The Morgan fingerprint density at radius 1 is 1.10 bits per heavy atom. The van der Waals surface area contributed by atoms with Crippen LogP contribution in [0.25, 0.3) is 10.9 Å². The summed E-state index contributed by atoms with van der Waals surface area (Å²) in [6, 6.07) is 9.02. The van der Waals surface area contributed by atoms with Gasteiger partial charge < -0.3 is 9.55 Å². The van der Waals surface area contributed by atoms with Gasteiger partial charge in [0.05, 0.1) is 0 Å². The van der Waals surface area contributed by atoms with E-state index in [0.29, 0.717) is 11.3 Å². The van der Waals surface area contributed by atoms with E-state index in [1.165, 1.54) is 73.8 Å². The number of H-pyrrole nitrogens is 1. The lowest BCUT2D eigenvalue weighted by Crippen LogP contribution is -2.33. The molecule has 5 nitrogen and oxygen atoms in total. The molecule has 1 unspecified atom stereocenters. The van der Waals surface area contributed by atoms with Crippen LogP contribution in [0.2, 0.25) is 0 Å². The highest BCUT2D eigenvalue weighted by Crippen LogP contribution is 2.52. The van der Waals surface area contributed by atoms with Crippen LogP contribution in [0.1, 0.15) is 62.3 Å². The maximum Gasteiger partial charge on any atom is 0.137 e. The molecule has 3 aliphatic rings. The van der Waals surface area contributed by atoms with Crippen molar-refractivity contribution in [1.29, 1.82) is 0 Å². The molecule has 1 aromatic carbocycles. The summed E-state index contributed by atoms with van der Waals surface area (Å²) in [5.74, 6) is 2.65. The Kier molecular flexibility index (Phi) is 4.26. The number of aromatic amines is 1. The summed E-state index contributed by atoms with van der Waals surface area (Å²) in [5.41, 5.74) is 3.05. The van der Waals surface area contributed by atoms with Crippen molar-refractivity contribution in [2.24, 2.45) is 11.3 Å². The number of fused-ring (bicyclic) bond motifs is 1. The first kappa shape index (κ1) is 17.7. The van der Waals surface area contributed by atoms with E-state index in [1.54, 1.807) is 0 Å². The van der Waals surface area contributed by atoms with Gasteiger partial charge >= 0.3 is 0 Å². The van der Waals surface area contributed by atoms with Gasteiger partial charge in [0.1, 0.15) is 12.2 Å². The zero-order chi connectivity index (χ0) is 19.3. The maximum atomic E-state index is 4.69. The van der Waals surface area contributed by atoms with E-state index in [-0.39, 0.29) is 0 Å². The highest BCUT2D eigenvalue weighted by atomic mass is 15.3. The molecular formula is C24H31N5. The molecule has 1 aliphatic heterocycles. The number of likely N-dealkylation sites (tertiary alicyclic amines) is 1. The molecule has 2 saturated carbocycles. The summed E-state index contributed by atoms with van der Waals surface area (Å²) < 4.78 is 2.40. The Bertz CT molecular complexity index is 992. The second-order valence-corrected chi connectivity index (χ2v) is 9.83. The van der Waals surface area contributed by atoms with Crippen molar-refractivity contribution >= 4 is 10.9 Å². The molecule has 0 radical (unpaired) electrons. The maximum absolute atomic E-state index is 4.69. The van der Waals surface area contributed by atoms with Crippen molar-refractivity contribution < 1.29 is 0 Å². The number of nitrogens with zero attached hydrogens (tertiary/aromatic N) is 4. The van der Waals surface area contributed by atoms with E-state index in [0.717, 1.165) is 25.6 Å². The van der Waals surface area contributed by atoms with Gasteiger partial charge in [0.15, 0.2) is 0 Å². The first-order chi connectivity index (χ1) is 14.3. The zero-order valence-electron chi connectivity index (χ0n) is 17.2. The minimum absolute atomic E-state index is 0.392. The molecule has 2 aromatic heterocycles. The highest BCUT2D eigenvalue weighted by Gasteiger charge is 2.49. The van der Waals surface area contributed by atoms with Crippen LogP contribution in [0.15, 0.2) is 36.8 Å². The topological polar surface area (TPSA) is 49.7 Å². The van der Waals surface area contributed by atoms with Crippen molar-refractivity contribution in [3.8, 4) is 0 Å². The summed E-state index contributed by atoms with van der Waals surface area (Å²) >= 11 is 0. The van der Waals surface area contributed by atoms with Crippen molar-refractivity contribution in [2.45, 2.75) is 64.0 Å². The molecule has 0 amide bonds. The van der Waals surface area contributed by atoms with E-state index in [9.17, 15) is 0 Å². The Hall–Kier alpha value is -2.14. The van der Waals surface area contributed by atoms with E-state index < -0.39 is 0 Å². The second-order valence-electron chi connectivity index (χ2n) is 9.83.